The molecule has 1 unspecified atom stereocenters. The molecule has 1 aromatic carbocycles. The summed E-state index contributed by atoms with van der Waals surface area (Å²) in [5.41, 5.74) is 0.569. The van der Waals surface area contributed by atoms with Gasteiger partial charge in [-0.2, -0.15) is 11.8 Å². The van der Waals surface area contributed by atoms with Crippen LogP contribution in [0.5, 0.6) is 0 Å². The SMILES string of the molecule is CCC(CSC)N(C)C(=O)c1ccc(F)cc1I. The van der Waals surface area contributed by atoms with Gasteiger partial charge in [-0.1, -0.05) is 6.92 Å². The minimum Gasteiger partial charge on any atom is -0.338 e. The number of benzene rings is 1. The van der Waals surface area contributed by atoms with Crippen molar-refractivity contribution in [3.05, 3.63) is 33.1 Å². The quantitative estimate of drug-likeness (QED) is 0.726. The first kappa shape index (κ1) is 15.8. The molecule has 0 aliphatic heterocycles. The minimum atomic E-state index is -0.310. The van der Waals surface area contributed by atoms with E-state index in [2.05, 4.69) is 6.92 Å². The molecule has 1 aromatic rings. The molecule has 0 N–H and O–H groups in total. The van der Waals surface area contributed by atoms with E-state index in [9.17, 15) is 9.18 Å². The fourth-order valence-corrected chi connectivity index (χ4v) is 3.27. The van der Waals surface area contributed by atoms with Crippen molar-refractivity contribution in [3.63, 3.8) is 0 Å². The highest BCUT2D eigenvalue weighted by Crippen LogP contribution is 2.18. The van der Waals surface area contributed by atoms with Gasteiger partial charge in [0.1, 0.15) is 5.82 Å². The molecule has 2 nitrogen and oxygen atoms in total. The highest BCUT2D eigenvalue weighted by Gasteiger charge is 2.21. The van der Waals surface area contributed by atoms with Crippen molar-refractivity contribution in [2.45, 2.75) is 19.4 Å². The second kappa shape index (κ2) is 7.33. The van der Waals surface area contributed by atoms with Crippen LogP contribution in [0, 0.1) is 9.39 Å². The monoisotopic (exact) mass is 381 g/mol. The predicted octanol–water partition coefficient (Wildman–Crippen LogP) is 3.64. The number of rotatable bonds is 5. The van der Waals surface area contributed by atoms with Crippen molar-refractivity contribution >= 4 is 40.3 Å². The number of carbonyl (C=O) groups excluding carboxylic acids is 1. The average Bonchev–Trinajstić information content (AvgIpc) is 2.34. The van der Waals surface area contributed by atoms with E-state index in [-0.39, 0.29) is 17.8 Å². The molecule has 0 aliphatic rings. The molecule has 1 amide bonds. The zero-order valence-electron chi connectivity index (χ0n) is 10.7. The van der Waals surface area contributed by atoms with E-state index in [4.69, 9.17) is 0 Å². The van der Waals surface area contributed by atoms with Gasteiger partial charge in [-0.15, -0.1) is 0 Å². The second-order valence-corrected chi connectivity index (χ2v) is 6.13. The Balaban J connectivity index is 2.91. The van der Waals surface area contributed by atoms with Crippen molar-refractivity contribution in [2.75, 3.05) is 19.1 Å². The Morgan fingerprint density at radius 1 is 1.56 bits per heavy atom. The van der Waals surface area contributed by atoms with Gasteiger partial charge in [0.05, 0.1) is 5.56 Å². The first-order chi connectivity index (χ1) is 8.51. The lowest BCUT2D eigenvalue weighted by molar-refractivity contribution is 0.0742. The molecule has 1 rings (SSSR count). The fraction of sp³-hybridized carbons (Fsp3) is 0.462. The maximum Gasteiger partial charge on any atom is 0.254 e. The number of nitrogens with zero attached hydrogens (tertiary/aromatic N) is 1. The van der Waals surface area contributed by atoms with Crippen LogP contribution in [0.1, 0.15) is 23.7 Å². The molecular weight excluding hydrogens is 364 g/mol. The predicted molar refractivity (Wildman–Crippen MR) is 83.7 cm³/mol. The number of halogens is 2. The summed E-state index contributed by atoms with van der Waals surface area (Å²) in [4.78, 5) is 14.1. The van der Waals surface area contributed by atoms with Crippen LogP contribution in [-0.4, -0.2) is 35.9 Å². The van der Waals surface area contributed by atoms with Gasteiger partial charge < -0.3 is 4.90 Å². The highest BCUT2D eigenvalue weighted by molar-refractivity contribution is 14.1. The molecule has 18 heavy (non-hydrogen) atoms. The fourth-order valence-electron chi connectivity index (χ4n) is 1.71. The average molecular weight is 381 g/mol. The Labute approximate surface area is 125 Å². The third-order valence-electron chi connectivity index (χ3n) is 2.86. The lowest BCUT2D eigenvalue weighted by Gasteiger charge is -2.27. The van der Waals surface area contributed by atoms with Crippen molar-refractivity contribution in [2.24, 2.45) is 0 Å². The number of hydrogen-bond donors (Lipinski definition) is 0. The summed E-state index contributed by atoms with van der Waals surface area (Å²) in [5, 5.41) is 0. The molecule has 0 aliphatic carbocycles. The van der Waals surface area contributed by atoms with Gasteiger partial charge in [0.15, 0.2) is 0 Å². The van der Waals surface area contributed by atoms with Gasteiger partial charge >= 0.3 is 0 Å². The smallest absolute Gasteiger partial charge is 0.254 e. The summed E-state index contributed by atoms with van der Waals surface area (Å²) in [6.45, 7) is 2.07. The third-order valence-corrected chi connectivity index (χ3v) is 4.47. The largest absolute Gasteiger partial charge is 0.338 e. The highest BCUT2D eigenvalue weighted by atomic mass is 127. The van der Waals surface area contributed by atoms with E-state index in [0.29, 0.717) is 9.13 Å². The van der Waals surface area contributed by atoms with Gasteiger partial charge in [0.2, 0.25) is 0 Å². The topological polar surface area (TPSA) is 20.3 Å². The molecule has 0 spiro atoms. The summed E-state index contributed by atoms with van der Waals surface area (Å²) in [6, 6.07) is 4.49. The van der Waals surface area contributed by atoms with E-state index in [1.807, 2.05) is 35.9 Å². The Morgan fingerprint density at radius 3 is 2.72 bits per heavy atom. The van der Waals surface area contributed by atoms with Crippen LogP contribution >= 0.6 is 34.4 Å². The van der Waals surface area contributed by atoms with Crippen molar-refractivity contribution in [1.82, 2.24) is 4.90 Å². The third kappa shape index (κ3) is 3.85. The summed E-state index contributed by atoms with van der Waals surface area (Å²) in [5.74, 6) is 0.561. The van der Waals surface area contributed by atoms with E-state index in [1.54, 1.807) is 22.7 Å². The summed E-state index contributed by atoms with van der Waals surface area (Å²) in [6.07, 6.45) is 2.95. The Bertz CT molecular complexity index is 427. The maximum absolute atomic E-state index is 13.0. The van der Waals surface area contributed by atoms with Crippen LogP contribution in [-0.2, 0) is 0 Å². The van der Waals surface area contributed by atoms with Gasteiger partial charge in [-0.05, 0) is 53.5 Å². The maximum atomic E-state index is 13.0. The molecule has 0 fully saturated rings. The molecule has 1 atom stereocenters. The van der Waals surface area contributed by atoms with Crippen LogP contribution in [0.4, 0.5) is 4.39 Å². The molecule has 0 bridgehead atoms. The zero-order chi connectivity index (χ0) is 13.7. The first-order valence-corrected chi connectivity index (χ1v) is 8.19. The van der Waals surface area contributed by atoms with Gasteiger partial charge in [-0.3, -0.25) is 4.79 Å². The number of thioether (sulfide) groups is 1. The van der Waals surface area contributed by atoms with E-state index in [0.717, 1.165) is 12.2 Å². The van der Waals surface area contributed by atoms with Crippen LogP contribution in [0.15, 0.2) is 18.2 Å². The minimum absolute atomic E-state index is 0.0414. The molecule has 100 valence electrons. The molecule has 0 radical (unpaired) electrons. The standard InChI is InChI=1S/C13H17FINOS/c1-4-10(8-18-3)16(2)13(17)11-6-5-9(14)7-12(11)15/h5-7,10H,4,8H2,1-3H3. The van der Waals surface area contributed by atoms with Gasteiger partial charge in [0, 0.05) is 22.4 Å². The summed E-state index contributed by atoms with van der Waals surface area (Å²) >= 11 is 3.72. The molecular formula is C13H17FINOS. The van der Waals surface area contributed by atoms with Crippen LogP contribution in [0.25, 0.3) is 0 Å². The normalized spacial score (nSPS) is 12.3. The van der Waals surface area contributed by atoms with E-state index < -0.39 is 0 Å². The van der Waals surface area contributed by atoms with Gasteiger partial charge in [-0.25, -0.2) is 4.39 Å². The van der Waals surface area contributed by atoms with Crippen LogP contribution in [0.3, 0.4) is 0 Å². The van der Waals surface area contributed by atoms with E-state index in [1.165, 1.54) is 12.1 Å². The van der Waals surface area contributed by atoms with Crippen molar-refractivity contribution < 1.29 is 9.18 Å². The molecule has 0 saturated carbocycles. The number of carbonyl (C=O) groups is 1. The second-order valence-electron chi connectivity index (χ2n) is 4.06. The lowest BCUT2D eigenvalue weighted by Crippen LogP contribution is -2.38. The number of amides is 1. The summed E-state index contributed by atoms with van der Waals surface area (Å²) < 4.78 is 13.7. The molecule has 0 aromatic heterocycles. The van der Waals surface area contributed by atoms with Crippen LogP contribution < -0.4 is 0 Å². The zero-order valence-corrected chi connectivity index (χ0v) is 13.7. The summed E-state index contributed by atoms with van der Waals surface area (Å²) in [7, 11) is 1.81. The number of hydrogen-bond acceptors (Lipinski definition) is 2. The lowest BCUT2D eigenvalue weighted by atomic mass is 10.1. The van der Waals surface area contributed by atoms with Crippen molar-refractivity contribution in [3.8, 4) is 0 Å². The molecule has 0 saturated heterocycles. The van der Waals surface area contributed by atoms with E-state index >= 15 is 0 Å². The van der Waals surface area contributed by atoms with Crippen molar-refractivity contribution in [1.29, 1.82) is 0 Å². The molecule has 0 heterocycles. The Hall–Kier alpha value is -0.300. The molecule has 5 heteroatoms. The Kier molecular flexibility index (Phi) is 6.42. The van der Waals surface area contributed by atoms with Gasteiger partial charge in [0.25, 0.3) is 5.91 Å². The van der Waals surface area contributed by atoms with Crippen LogP contribution in [0.2, 0.25) is 0 Å². The Morgan fingerprint density at radius 2 is 2.22 bits per heavy atom. The first-order valence-electron chi connectivity index (χ1n) is 5.72.